The Bertz CT molecular complexity index is 631. The standard InChI is InChI=1S/C10H10N6O/c1-5-6(2)15-16(10(5)17)9-7-8(12-3-11-7)13-4-14-9/h3-5H,1-2H3,(H,11,12,13,14). The Labute approximate surface area is 96.6 Å². The van der Waals surface area contributed by atoms with Gasteiger partial charge in [0.25, 0.3) is 5.91 Å². The van der Waals surface area contributed by atoms with Gasteiger partial charge in [0.2, 0.25) is 0 Å². The highest BCUT2D eigenvalue weighted by Crippen LogP contribution is 2.25. The molecule has 0 bridgehead atoms. The summed E-state index contributed by atoms with van der Waals surface area (Å²) in [7, 11) is 0. The van der Waals surface area contributed by atoms with Gasteiger partial charge >= 0.3 is 0 Å². The molecule has 17 heavy (non-hydrogen) atoms. The molecule has 2 aromatic heterocycles. The topological polar surface area (TPSA) is 87.1 Å². The average Bonchev–Trinajstić information content (AvgIpc) is 2.89. The highest BCUT2D eigenvalue weighted by molar-refractivity contribution is 6.15. The van der Waals surface area contributed by atoms with E-state index in [4.69, 9.17) is 0 Å². The number of rotatable bonds is 1. The van der Waals surface area contributed by atoms with Crippen LogP contribution in [0.4, 0.5) is 5.82 Å². The zero-order valence-corrected chi connectivity index (χ0v) is 9.38. The van der Waals surface area contributed by atoms with E-state index in [1.165, 1.54) is 17.7 Å². The van der Waals surface area contributed by atoms with Crippen molar-refractivity contribution in [2.45, 2.75) is 13.8 Å². The number of carbonyl (C=O) groups excluding carboxylic acids is 1. The molecule has 1 N–H and O–H groups in total. The van der Waals surface area contributed by atoms with Crippen LogP contribution < -0.4 is 5.01 Å². The molecule has 1 aliphatic rings. The van der Waals surface area contributed by atoms with Gasteiger partial charge in [-0.15, -0.1) is 0 Å². The molecule has 0 aliphatic carbocycles. The maximum absolute atomic E-state index is 12.0. The third kappa shape index (κ3) is 1.32. The summed E-state index contributed by atoms with van der Waals surface area (Å²) in [5, 5.41) is 5.52. The fraction of sp³-hybridized carbons (Fsp3) is 0.300. The summed E-state index contributed by atoms with van der Waals surface area (Å²) >= 11 is 0. The van der Waals surface area contributed by atoms with Crippen molar-refractivity contribution in [2.24, 2.45) is 11.0 Å². The fourth-order valence-corrected chi connectivity index (χ4v) is 1.72. The third-order valence-corrected chi connectivity index (χ3v) is 2.87. The first-order valence-electron chi connectivity index (χ1n) is 5.21. The number of aromatic amines is 1. The minimum atomic E-state index is -0.206. The van der Waals surface area contributed by atoms with E-state index in [0.29, 0.717) is 17.0 Å². The molecule has 0 spiro atoms. The fourth-order valence-electron chi connectivity index (χ4n) is 1.72. The van der Waals surface area contributed by atoms with Gasteiger partial charge in [-0.2, -0.15) is 10.1 Å². The number of carbonyl (C=O) groups is 1. The SMILES string of the molecule is CC1=NN(c2ncnc3nc[nH]c23)C(=O)C1C. The van der Waals surface area contributed by atoms with Crippen molar-refractivity contribution in [1.82, 2.24) is 19.9 Å². The molecule has 0 fully saturated rings. The molecule has 1 atom stereocenters. The van der Waals surface area contributed by atoms with Crippen molar-refractivity contribution in [3.63, 3.8) is 0 Å². The van der Waals surface area contributed by atoms with Crippen molar-refractivity contribution in [1.29, 1.82) is 0 Å². The van der Waals surface area contributed by atoms with Crippen LogP contribution in [0.3, 0.4) is 0 Å². The molecule has 0 aromatic carbocycles. The van der Waals surface area contributed by atoms with Crippen LogP contribution in [0.15, 0.2) is 17.8 Å². The zero-order chi connectivity index (χ0) is 12.0. The number of imidazole rings is 1. The lowest BCUT2D eigenvalue weighted by molar-refractivity contribution is -0.119. The molecule has 3 heterocycles. The van der Waals surface area contributed by atoms with E-state index in [1.54, 1.807) is 0 Å². The lowest BCUT2D eigenvalue weighted by Crippen LogP contribution is -2.26. The molecular weight excluding hydrogens is 220 g/mol. The van der Waals surface area contributed by atoms with E-state index < -0.39 is 0 Å². The van der Waals surface area contributed by atoms with Crippen molar-refractivity contribution >= 4 is 28.6 Å². The Morgan fingerprint density at radius 1 is 1.35 bits per heavy atom. The van der Waals surface area contributed by atoms with E-state index >= 15 is 0 Å². The number of anilines is 1. The van der Waals surface area contributed by atoms with Crippen molar-refractivity contribution in [2.75, 3.05) is 5.01 Å². The second kappa shape index (κ2) is 3.34. The maximum Gasteiger partial charge on any atom is 0.257 e. The van der Waals surface area contributed by atoms with Crippen molar-refractivity contribution < 1.29 is 4.79 Å². The van der Waals surface area contributed by atoms with Crippen LogP contribution in [0, 0.1) is 5.92 Å². The van der Waals surface area contributed by atoms with E-state index in [0.717, 1.165) is 5.71 Å². The van der Waals surface area contributed by atoms with Crippen LogP contribution >= 0.6 is 0 Å². The number of amides is 1. The molecule has 1 unspecified atom stereocenters. The first-order valence-corrected chi connectivity index (χ1v) is 5.21. The monoisotopic (exact) mass is 230 g/mol. The second-order valence-corrected chi connectivity index (χ2v) is 3.91. The molecule has 0 saturated carbocycles. The van der Waals surface area contributed by atoms with Gasteiger partial charge < -0.3 is 4.98 Å². The van der Waals surface area contributed by atoms with Crippen LogP contribution in [0.5, 0.6) is 0 Å². The number of hydrazone groups is 1. The quantitative estimate of drug-likeness (QED) is 0.781. The summed E-state index contributed by atoms with van der Waals surface area (Å²) in [6.45, 7) is 3.65. The largest absolute Gasteiger partial charge is 0.340 e. The number of hydrogen-bond acceptors (Lipinski definition) is 5. The van der Waals surface area contributed by atoms with E-state index in [2.05, 4.69) is 25.0 Å². The van der Waals surface area contributed by atoms with Crippen LogP contribution in [0.2, 0.25) is 0 Å². The molecule has 0 radical (unpaired) electrons. The molecule has 7 nitrogen and oxygen atoms in total. The average molecular weight is 230 g/mol. The van der Waals surface area contributed by atoms with Gasteiger partial charge in [0.05, 0.1) is 12.2 Å². The summed E-state index contributed by atoms with van der Waals surface area (Å²) < 4.78 is 0. The normalized spacial score (nSPS) is 20.1. The first-order chi connectivity index (χ1) is 8.18. The highest BCUT2D eigenvalue weighted by Gasteiger charge is 2.32. The van der Waals surface area contributed by atoms with Gasteiger partial charge in [0.15, 0.2) is 11.5 Å². The van der Waals surface area contributed by atoms with Crippen LogP contribution in [-0.2, 0) is 4.79 Å². The molecule has 7 heteroatoms. The Balaban J connectivity index is 2.17. The van der Waals surface area contributed by atoms with E-state index in [1.807, 2.05) is 13.8 Å². The Morgan fingerprint density at radius 2 is 2.18 bits per heavy atom. The predicted octanol–water partition coefficient (Wildman–Crippen LogP) is 0.712. The minimum Gasteiger partial charge on any atom is -0.340 e. The van der Waals surface area contributed by atoms with Gasteiger partial charge in [-0.05, 0) is 13.8 Å². The molecule has 86 valence electrons. The molecule has 3 rings (SSSR count). The number of nitrogens with zero attached hydrogens (tertiary/aromatic N) is 5. The highest BCUT2D eigenvalue weighted by atomic mass is 16.2. The number of hydrogen-bond donors (Lipinski definition) is 1. The van der Waals surface area contributed by atoms with E-state index in [-0.39, 0.29) is 11.8 Å². The van der Waals surface area contributed by atoms with E-state index in [9.17, 15) is 4.79 Å². The van der Waals surface area contributed by atoms with Gasteiger partial charge in [-0.25, -0.2) is 15.0 Å². The Morgan fingerprint density at radius 3 is 2.88 bits per heavy atom. The predicted molar refractivity (Wildman–Crippen MR) is 61.4 cm³/mol. The Hall–Kier alpha value is -2.31. The summed E-state index contributed by atoms with van der Waals surface area (Å²) in [4.78, 5) is 27.0. The minimum absolute atomic E-state index is 0.0860. The number of nitrogens with one attached hydrogen (secondary N) is 1. The summed E-state index contributed by atoms with van der Waals surface area (Å²) in [5.74, 6) is 0.154. The lowest BCUT2D eigenvalue weighted by atomic mass is 10.1. The summed E-state index contributed by atoms with van der Waals surface area (Å²) in [6, 6.07) is 0. The summed E-state index contributed by atoms with van der Waals surface area (Å²) in [6.07, 6.45) is 2.89. The zero-order valence-electron chi connectivity index (χ0n) is 9.38. The lowest BCUT2D eigenvalue weighted by Gasteiger charge is -2.11. The molecule has 0 saturated heterocycles. The first kappa shape index (κ1) is 9.88. The molecule has 1 amide bonds. The maximum atomic E-state index is 12.0. The third-order valence-electron chi connectivity index (χ3n) is 2.87. The van der Waals surface area contributed by atoms with Gasteiger partial charge in [0, 0.05) is 5.71 Å². The smallest absolute Gasteiger partial charge is 0.257 e. The van der Waals surface area contributed by atoms with Crippen molar-refractivity contribution in [3.8, 4) is 0 Å². The van der Waals surface area contributed by atoms with Gasteiger partial charge in [0.1, 0.15) is 11.8 Å². The van der Waals surface area contributed by atoms with Gasteiger partial charge in [-0.3, -0.25) is 4.79 Å². The second-order valence-electron chi connectivity index (χ2n) is 3.91. The molecular formula is C10H10N6O. The van der Waals surface area contributed by atoms with Crippen LogP contribution in [0.1, 0.15) is 13.8 Å². The van der Waals surface area contributed by atoms with Crippen LogP contribution in [-0.4, -0.2) is 31.6 Å². The van der Waals surface area contributed by atoms with Crippen molar-refractivity contribution in [3.05, 3.63) is 12.7 Å². The Kier molecular flexibility index (Phi) is 1.94. The van der Waals surface area contributed by atoms with Gasteiger partial charge in [-0.1, -0.05) is 0 Å². The number of H-pyrrole nitrogens is 1. The number of fused-ring (bicyclic) bond motifs is 1. The molecule has 2 aromatic rings. The summed E-state index contributed by atoms with van der Waals surface area (Å²) in [5.41, 5.74) is 1.92. The molecule has 1 aliphatic heterocycles. The number of aromatic nitrogens is 4. The van der Waals surface area contributed by atoms with Crippen LogP contribution in [0.25, 0.3) is 11.2 Å².